The predicted molar refractivity (Wildman–Crippen MR) is 85.9 cm³/mol. The Hall–Kier alpha value is -2.42. The van der Waals surface area contributed by atoms with Gasteiger partial charge in [-0.2, -0.15) is 5.26 Å². The molecule has 1 N–H and O–H groups in total. The first-order chi connectivity index (χ1) is 11.5. The van der Waals surface area contributed by atoms with Crippen molar-refractivity contribution in [2.75, 3.05) is 19.6 Å². The molecule has 0 radical (unpaired) electrons. The van der Waals surface area contributed by atoms with E-state index in [0.717, 1.165) is 12.8 Å². The molecule has 2 amide bonds. The quantitative estimate of drug-likeness (QED) is 0.918. The van der Waals surface area contributed by atoms with E-state index in [9.17, 15) is 14.0 Å². The highest BCUT2D eigenvalue weighted by molar-refractivity contribution is 5.94. The summed E-state index contributed by atoms with van der Waals surface area (Å²) >= 11 is 0. The Kier molecular flexibility index (Phi) is 4.52. The lowest BCUT2D eigenvalue weighted by molar-refractivity contribution is -0.135. The van der Waals surface area contributed by atoms with Crippen molar-refractivity contribution in [2.45, 2.75) is 31.4 Å². The number of carbonyl (C=O) groups excluding carboxylic acids is 2. The van der Waals surface area contributed by atoms with Gasteiger partial charge in [0, 0.05) is 38.0 Å². The van der Waals surface area contributed by atoms with Crippen LogP contribution >= 0.6 is 0 Å². The molecule has 3 rings (SSSR count). The van der Waals surface area contributed by atoms with Gasteiger partial charge >= 0.3 is 0 Å². The van der Waals surface area contributed by atoms with Crippen LogP contribution in [0.5, 0.6) is 0 Å². The van der Waals surface area contributed by atoms with Crippen molar-refractivity contribution in [2.24, 2.45) is 5.92 Å². The Morgan fingerprint density at radius 1 is 1.25 bits per heavy atom. The van der Waals surface area contributed by atoms with Crippen LogP contribution in [0.1, 0.15) is 41.6 Å². The van der Waals surface area contributed by atoms with E-state index in [1.54, 1.807) is 29.2 Å². The third-order valence-electron chi connectivity index (χ3n) is 4.76. The summed E-state index contributed by atoms with van der Waals surface area (Å²) in [4.78, 5) is 26.0. The first-order valence-corrected chi connectivity index (χ1v) is 8.28. The molecule has 0 bridgehead atoms. The number of nitrogens with one attached hydrogen (secondary N) is 1. The van der Waals surface area contributed by atoms with E-state index in [4.69, 9.17) is 5.26 Å². The Morgan fingerprint density at radius 2 is 1.88 bits per heavy atom. The standard InChI is InChI=1S/C18H20FN3O2/c19-18(17(24)21-12-14-1-2-14)7-9-22(10-8-18)16(23)15-5-3-13(11-20)4-6-15/h3-6,14H,1-2,7-10,12H2,(H,21,24). The third kappa shape index (κ3) is 3.56. The van der Waals surface area contributed by atoms with Gasteiger partial charge in [0.05, 0.1) is 11.6 Å². The zero-order chi connectivity index (χ0) is 17.2. The highest BCUT2D eigenvalue weighted by atomic mass is 19.1. The van der Waals surface area contributed by atoms with Crippen LogP contribution in [0.3, 0.4) is 0 Å². The van der Waals surface area contributed by atoms with E-state index in [2.05, 4.69) is 5.32 Å². The minimum atomic E-state index is -1.88. The van der Waals surface area contributed by atoms with Crippen molar-refractivity contribution >= 4 is 11.8 Å². The molecule has 1 aromatic rings. The number of benzene rings is 1. The number of alkyl halides is 1. The molecule has 0 atom stereocenters. The maximum Gasteiger partial charge on any atom is 0.257 e. The first kappa shape index (κ1) is 16.4. The number of hydrogen-bond acceptors (Lipinski definition) is 3. The lowest BCUT2D eigenvalue weighted by Crippen LogP contribution is -2.52. The molecular weight excluding hydrogens is 309 g/mol. The van der Waals surface area contributed by atoms with Crippen LogP contribution in [0.2, 0.25) is 0 Å². The highest BCUT2D eigenvalue weighted by Crippen LogP contribution is 2.30. The number of hydrogen-bond donors (Lipinski definition) is 1. The number of carbonyl (C=O) groups is 2. The fraction of sp³-hybridized carbons (Fsp3) is 0.500. The fourth-order valence-corrected chi connectivity index (χ4v) is 2.88. The topological polar surface area (TPSA) is 73.2 Å². The van der Waals surface area contributed by atoms with Crippen LogP contribution in [-0.2, 0) is 4.79 Å². The molecular formula is C18H20FN3O2. The minimum absolute atomic E-state index is 0.0194. The SMILES string of the molecule is N#Cc1ccc(C(=O)N2CCC(F)(C(=O)NCC3CC3)CC2)cc1. The summed E-state index contributed by atoms with van der Waals surface area (Å²) in [7, 11) is 0. The second kappa shape index (κ2) is 6.60. The second-order valence-electron chi connectivity index (χ2n) is 6.60. The molecule has 1 saturated carbocycles. The molecule has 126 valence electrons. The van der Waals surface area contributed by atoms with E-state index in [-0.39, 0.29) is 31.8 Å². The van der Waals surface area contributed by atoms with Crippen molar-refractivity contribution < 1.29 is 14.0 Å². The van der Waals surface area contributed by atoms with Crippen LogP contribution in [-0.4, -0.2) is 42.0 Å². The molecule has 1 heterocycles. The van der Waals surface area contributed by atoms with Gasteiger partial charge in [0.15, 0.2) is 5.67 Å². The monoisotopic (exact) mass is 329 g/mol. The number of nitrogens with zero attached hydrogens (tertiary/aromatic N) is 2. The molecule has 1 aliphatic heterocycles. The van der Waals surface area contributed by atoms with Gasteiger partial charge in [0.2, 0.25) is 0 Å². The number of amides is 2. The molecule has 1 aliphatic carbocycles. The van der Waals surface area contributed by atoms with Crippen LogP contribution < -0.4 is 5.32 Å². The van der Waals surface area contributed by atoms with Gasteiger partial charge in [-0.05, 0) is 43.0 Å². The summed E-state index contributed by atoms with van der Waals surface area (Å²) < 4.78 is 14.8. The summed E-state index contributed by atoms with van der Waals surface area (Å²) in [6, 6.07) is 8.37. The van der Waals surface area contributed by atoms with Crippen LogP contribution in [0.25, 0.3) is 0 Å². The third-order valence-corrected chi connectivity index (χ3v) is 4.76. The number of halogens is 1. The van der Waals surface area contributed by atoms with Gasteiger partial charge in [0.1, 0.15) is 0 Å². The minimum Gasteiger partial charge on any atom is -0.353 e. The Bertz CT molecular complexity index is 668. The molecule has 2 fully saturated rings. The summed E-state index contributed by atoms with van der Waals surface area (Å²) in [5.74, 6) is -0.226. The highest BCUT2D eigenvalue weighted by Gasteiger charge is 2.43. The van der Waals surface area contributed by atoms with E-state index < -0.39 is 11.6 Å². The summed E-state index contributed by atoms with van der Waals surface area (Å²) in [5, 5.41) is 11.5. The van der Waals surface area contributed by atoms with E-state index in [1.165, 1.54) is 0 Å². The largest absolute Gasteiger partial charge is 0.353 e. The normalized spacial score (nSPS) is 19.4. The average molecular weight is 329 g/mol. The number of piperidine rings is 1. The Morgan fingerprint density at radius 3 is 2.42 bits per heavy atom. The lowest BCUT2D eigenvalue weighted by Gasteiger charge is -2.35. The fourth-order valence-electron chi connectivity index (χ4n) is 2.88. The molecule has 5 nitrogen and oxygen atoms in total. The zero-order valence-corrected chi connectivity index (χ0v) is 13.4. The smallest absolute Gasteiger partial charge is 0.257 e. The van der Waals surface area contributed by atoms with E-state index >= 15 is 0 Å². The lowest BCUT2D eigenvalue weighted by atomic mass is 9.92. The maximum atomic E-state index is 14.8. The average Bonchev–Trinajstić information content (AvgIpc) is 3.44. The van der Waals surface area contributed by atoms with Gasteiger partial charge in [0.25, 0.3) is 11.8 Å². The molecule has 0 unspecified atom stereocenters. The predicted octanol–water partition coefficient (Wildman–Crippen LogP) is 2.03. The molecule has 0 aromatic heterocycles. The van der Waals surface area contributed by atoms with Crippen molar-refractivity contribution in [1.29, 1.82) is 5.26 Å². The van der Waals surface area contributed by atoms with Gasteiger partial charge in [-0.3, -0.25) is 9.59 Å². The van der Waals surface area contributed by atoms with Crippen molar-refractivity contribution in [3.8, 4) is 6.07 Å². The van der Waals surface area contributed by atoms with Gasteiger partial charge < -0.3 is 10.2 Å². The number of nitriles is 1. The van der Waals surface area contributed by atoms with E-state index in [0.29, 0.717) is 23.6 Å². The summed E-state index contributed by atoms with van der Waals surface area (Å²) in [6.07, 6.45) is 2.25. The molecule has 1 aromatic carbocycles. The van der Waals surface area contributed by atoms with Gasteiger partial charge in [-0.15, -0.1) is 0 Å². The summed E-state index contributed by atoms with van der Waals surface area (Å²) in [5.41, 5.74) is -0.921. The molecule has 1 saturated heterocycles. The second-order valence-corrected chi connectivity index (χ2v) is 6.60. The molecule has 24 heavy (non-hydrogen) atoms. The van der Waals surface area contributed by atoms with Crippen LogP contribution in [0.4, 0.5) is 4.39 Å². The molecule has 6 heteroatoms. The Balaban J connectivity index is 1.55. The van der Waals surface area contributed by atoms with Crippen molar-refractivity contribution in [3.63, 3.8) is 0 Å². The first-order valence-electron chi connectivity index (χ1n) is 8.28. The molecule has 2 aliphatic rings. The van der Waals surface area contributed by atoms with Crippen molar-refractivity contribution in [1.82, 2.24) is 10.2 Å². The Labute approximate surface area is 140 Å². The van der Waals surface area contributed by atoms with Gasteiger partial charge in [-0.25, -0.2) is 4.39 Å². The summed E-state index contributed by atoms with van der Waals surface area (Å²) in [6.45, 7) is 0.983. The number of rotatable bonds is 4. The van der Waals surface area contributed by atoms with Crippen LogP contribution in [0, 0.1) is 17.2 Å². The maximum absolute atomic E-state index is 14.8. The van der Waals surface area contributed by atoms with E-state index in [1.807, 2.05) is 6.07 Å². The number of likely N-dealkylation sites (tertiary alicyclic amines) is 1. The molecule has 0 spiro atoms. The van der Waals surface area contributed by atoms with Gasteiger partial charge in [-0.1, -0.05) is 0 Å². The van der Waals surface area contributed by atoms with Crippen LogP contribution in [0.15, 0.2) is 24.3 Å². The zero-order valence-electron chi connectivity index (χ0n) is 13.4. The van der Waals surface area contributed by atoms with Crippen molar-refractivity contribution in [3.05, 3.63) is 35.4 Å².